The molecule has 2 fully saturated rings. The number of hydrogen-bond acceptors (Lipinski definition) is 2. The molecular weight excluding hydrogens is 214 g/mol. The van der Waals surface area contributed by atoms with Crippen LogP contribution in [0.3, 0.4) is 0 Å². The van der Waals surface area contributed by atoms with Crippen LogP contribution in [0.15, 0.2) is 0 Å². The zero-order valence-corrected chi connectivity index (χ0v) is 11.3. The fraction of sp³-hybridized carbons (Fsp3) is 0.929. The highest BCUT2D eigenvalue weighted by molar-refractivity contribution is 5.70. The van der Waals surface area contributed by atoms with E-state index in [1.807, 2.05) is 0 Å². The molecule has 0 aromatic carbocycles. The Hall–Kier alpha value is -0.570. The Morgan fingerprint density at radius 2 is 1.71 bits per heavy atom. The predicted octanol–water partition coefficient (Wildman–Crippen LogP) is 2.89. The molecule has 2 bridgehead atoms. The van der Waals surface area contributed by atoms with E-state index < -0.39 is 5.97 Å². The summed E-state index contributed by atoms with van der Waals surface area (Å²) in [6.07, 6.45) is 6.44. The average Bonchev–Trinajstić information content (AvgIpc) is 2.59. The van der Waals surface area contributed by atoms with Crippen molar-refractivity contribution >= 4 is 5.97 Å². The molecule has 0 spiro atoms. The van der Waals surface area contributed by atoms with Crippen molar-refractivity contribution in [3.8, 4) is 0 Å². The first kappa shape index (κ1) is 12.9. The van der Waals surface area contributed by atoms with Crippen molar-refractivity contribution in [2.45, 2.75) is 76.9 Å². The van der Waals surface area contributed by atoms with E-state index in [0.29, 0.717) is 12.1 Å². The van der Waals surface area contributed by atoms with Crippen molar-refractivity contribution in [2.75, 3.05) is 0 Å². The number of nitrogens with zero attached hydrogens (tertiary/aromatic N) is 1. The lowest BCUT2D eigenvalue weighted by Crippen LogP contribution is -2.56. The highest BCUT2D eigenvalue weighted by Gasteiger charge is 2.48. The fourth-order valence-electron chi connectivity index (χ4n) is 3.88. The molecule has 98 valence electrons. The van der Waals surface area contributed by atoms with Crippen LogP contribution in [-0.2, 0) is 4.79 Å². The molecule has 0 saturated carbocycles. The summed E-state index contributed by atoms with van der Waals surface area (Å²) < 4.78 is 0. The van der Waals surface area contributed by atoms with Crippen LogP contribution in [0.5, 0.6) is 0 Å². The Bertz CT molecular complexity index is 285. The van der Waals surface area contributed by atoms with Gasteiger partial charge in [-0.2, -0.15) is 0 Å². The monoisotopic (exact) mass is 239 g/mol. The first-order valence-electron chi connectivity index (χ1n) is 7.03. The van der Waals surface area contributed by atoms with Gasteiger partial charge in [-0.25, -0.2) is 0 Å². The number of carboxylic acid groups (broad SMARTS) is 1. The van der Waals surface area contributed by atoms with Crippen LogP contribution in [0.4, 0.5) is 0 Å². The van der Waals surface area contributed by atoms with Gasteiger partial charge in [-0.15, -0.1) is 0 Å². The maximum Gasteiger partial charge on any atom is 0.306 e. The molecular formula is C14H25NO2. The highest BCUT2D eigenvalue weighted by atomic mass is 16.4. The summed E-state index contributed by atoms with van der Waals surface area (Å²) >= 11 is 0. The minimum absolute atomic E-state index is 0.0956. The van der Waals surface area contributed by atoms with Crippen LogP contribution in [0.25, 0.3) is 0 Å². The Balaban J connectivity index is 2.16. The average molecular weight is 239 g/mol. The normalized spacial score (nSPS) is 33.9. The van der Waals surface area contributed by atoms with Crippen LogP contribution >= 0.6 is 0 Å². The molecule has 2 unspecified atom stereocenters. The molecule has 2 atom stereocenters. The topological polar surface area (TPSA) is 40.5 Å². The summed E-state index contributed by atoms with van der Waals surface area (Å²) in [5, 5.41) is 9.19. The predicted molar refractivity (Wildman–Crippen MR) is 68.0 cm³/mol. The molecule has 1 N–H and O–H groups in total. The van der Waals surface area contributed by atoms with E-state index in [9.17, 15) is 9.90 Å². The minimum Gasteiger partial charge on any atom is -0.481 e. The number of rotatable bonds is 4. The van der Waals surface area contributed by atoms with Crippen molar-refractivity contribution in [3.05, 3.63) is 0 Å². The summed E-state index contributed by atoms with van der Waals surface area (Å²) in [7, 11) is 0. The van der Waals surface area contributed by atoms with Gasteiger partial charge in [-0.1, -0.05) is 13.8 Å². The van der Waals surface area contributed by atoms with E-state index >= 15 is 0 Å². The maximum absolute atomic E-state index is 11.2. The van der Waals surface area contributed by atoms with Gasteiger partial charge in [0.1, 0.15) is 0 Å². The molecule has 0 aromatic rings. The summed E-state index contributed by atoms with van der Waals surface area (Å²) in [5.74, 6) is -0.682. The van der Waals surface area contributed by atoms with Gasteiger partial charge in [0.2, 0.25) is 0 Å². The number of carbonyl (C=O) groups is 1. The van der Waals surface area contributed by atoms with Crippen molar-refractivity contribution in [1.29, 1.82) is 0 Å². The fourth-order valence-corrected chi connectivity index (χ4v) is 3.88. The van der Waals surface area contributed by atoms with Crippen LogP contribution in [0, 0.1) is 5.92 Å². The van der Waals surface area contributed by atoms with E-state index in [1.165, 1.54) is 12.8 Å². The summed E-state index contributed by atoms with van der Waals surface area (Å²) in [4.78, 5) is 13.8. The Labute approximate surface area is 104 Å². The third-order valence-corrected chi connectivity index (χ3v) is 5.23. The quantitative estimate of drug-likeness (QED) is 0.820. The molecule has 2 heterocycles. The lowest BCUT2D eigenvalue weighted by atomic mass is 9.83. The van der Waals surface area contributed by atoms with Crippen molar-refractivity contribution < 1.29 is 9.90 Å². The summed E-state index contributed by atoms with van der Waals surface area (Å²) in [5.41, 5.74) is 0.273. The molecule has 0 amide bonds. The first-order valence-corrected chi connectivity index (χ1v) is 7.03. The molecule has 2 rings (SSSR count). The van der Waals surface area contributed by atoms with E-state index in [-0.39, 0.29) is 11.5 Å². The lowest BCUT2D eigenvalue weighted by Gasteiger charge is -2.49. The molecule has 2 saturated heterocycles. The Morgan fingerprint density at radius 1 is 1.24 bits per heavy atom. The van der Waals surface area contributed by atoms with Crippen LogP contribution < -0.4 is 0 Å². The number of hydrogen-bond donors (Lipinski definition) is 1. The molecule has 0 aromatic heterocycles. The van der Waals surface area contributed by atoms with Crippen molar-refractivity contribution in [1.82, 2.24) is 4.90 Å². The first-order chi connectivity index (χ1) is 8.01. The second-order valence-corrected chi connectivity index (χ2v) is 6.00. The standard InChI is InChI=1S/C14H25NO2/c1-4-14(3,5-2)15-11-6-7-12(15)9-10(8-11)13(16)17/h10-12H,4-9H2,1-3H3,(H,16,17). The van der Waals surface area contributed by atoms with E-state index in [2.05, 4.69) is 25.7 Å². The summed E-state index contributed by atoms with van der Waals surface area (Å²) in [6.45, 7) is 6.86. The molecule has 2 aliphatic rings. The van der Waals surface area contributed by atoms with Gasteiger partial charge in [0, 0.05) is 17.6 Å². The van der Waals surface area contributed by atoms with Gasteiger partial charge in [0.25, 0.3) is 0 Å². The third kappa shape index (κ3) is 2.10. The number of carboxylic acids is 1. The van der Waals surface area contributed by atoms with Crippen molar-refractivity contribution in [3.63, 3.8) is 0 Å². The van der Waals surface area contributed by atoms with Gasteiger partial charge in [-0.3, -0.25) is 9.69 Å². The zero-order chi connectivity index (χ0) is 12.6. The van der Waals surface area contributed by atoms with Gasteiger partial charge in [0.15, 0.2) is 0 Å². The van der Waals surface area contributed by atoms with Gasteiger partial charge < -0.3 is 5.11 Å². The summed E-state index contributed by atoms with van der Waals surface area (Å²) in [6, 6.07) is 1.03. The molecule has 17 heavy (non-hydrogen) atoms. The Kier molecular flexibility index (Phi) is 3.48. The van der Waals surface area contributed by atoms with E-state index in [4.69, 9.17) is 0 Å². The number of aliphatic carboxylic acids is 1. The Morgan fingerprint density at radius 3 is 2.06 bits per heavy atom. The van der Waals surface area contributed by atoms with Crippen LogP contribution in [0.1, 0.15) is 59.3 Å². The van der Waals surface area contributed by atoms with Gasteiger partial charge in [-0.05, 0) is 45.4 Å². The molecule has 0 radical (unpaired) electrons. The lowest BCUT2D eigenvalue weighted by molar-refractivity contribution is -0.145. The number of fused-ring (bicyclic) bond motifs is 2. The van der Waals surface area contributed by atoms with Crippen molar-refractivity contribution in [2.24, 2.45) is 5.92 Å². The third-order valence-electron chi connectivity index (χ3n) is 5.23. The second kappa shape index (κ2) is 4.60. The van der Waals surface area contributed by atoms with E-state index in [0.717, 1.165) is 25.7 Å². The van der Waals surface area contributed by atoms with Gasteiger partial charge in [0.05, 0.1) is 5.92 Å². The van der Waals surface area contributed by atoms with Crippen LogP contribution in [0.2, 0.25) is 0 Å². The van der Waals surface area contributed by atoms with Crippen LogP contribution in [-0.4, -0.2) is 33.6 Å². The molecule has 3 heteroatoms. The highest BCUT2D eigenvalue weighted by Crippen LogP contribution is 2.44. The number of piperidine rings is 1. The largest absolute Gasteiger partial charge is 0.481 e. The van der Waals surface area contributed by atoms with Gasteiger partial charge >= 0.3 is 5.97 Å². The SMILES string of the molecule is CCC(C)(CC)N1C2CCC1CC(C(=O)O)C2. The molecule has 2 aliphatic heterocycles. The smallest absolute Gasteiger partial charge is 0.306 e. The second-order valence-electron chi connectivity index (χ2n) is 6.00. The van der Waals surface area contributed by atoms with E-state index in [1.54, 1.807) is 0 Å². The molecule has 0 aliphatic carbocycles. The minimum atomic E-state index is -0.587. The zero-order valence-electron chi connectivity index (χ0n) is 11.3. The maximum atomic E-state index is 11.2. The molecule has 3 nitrogen and oxygen atoms in total.